The summed E-state index contributed by atoms with van der Waals surface area (Å²) in [6, 6.07) is 5.99. The minimum Gasteiger partial charge on any atom is -0.493 e. The fraction of sp³-hybridized carbons (Fsp3) is 0.400. The molecule has 0 saturated heterocycles. The summed E-state index contributed by atoms with van der Waals surface area (Å²) in [6.07, 6.45) is 2.40. The van der Waals surface area contributed by atoms with Crippen molar-refractivity contribution >= 4 is 5.70 Å². The van der Waals surface area contributed by atoms with E-state index in [2.05, 4.69) is 25.2 Å². The van der Waals surface area contributed by atoms with Gasteiger partial charge in [0, 0.05) is 17.2 Å². The summed E-state index contributed by atoms with van der Waals surface area (Å²) >= 11 is 0. The topological polar surface area (TPSA) is 54.3 Å². The van der Waals surface area contributed by atoms with Gasteiger partial charge in [0.1, 0.15) is 0 Å². The molecule has 19 heavy (non-hydrogen) atoms. The number of ether oxygens (including phenoxy) is 2. The third-order valence-electron chi connectivity index (χ3n) is 3.21. The van der Waals surface area contributed by atoms with Crippen LogP contribution in [0.5, 0.6) is 11.5 Å². The Morgan fingerprint density at radius 3 is 2.47 bits per heavy atom. The van der Waals surface area contributed by atoms with E-state index in [9.17, 15) is 0 Å². The van der Waals surface area contributed by atoms with Crippen LogP contribution in [0.3, 0.4) is 0 Å². The molecule has 0 atom stereocenters. The maximum Gasteiger partial charge on any atom is 0.161 e. The second-order valence-electron chi connectivity index (χ2n) is 5.24. The second-order valence-corrected chi connectivity index (χ2v) is 5.24. The molecule has 0 aliphatic carbocycles. The summed E-state index contributed by atoms with van der Waals surface area (Å²) in [6.45, 7) is 4.22. The van der Waals surface area contributed by atoms with Gasteiger partial charge < -0.3 is 14.8 Å². The molecule has 1 aliphatic rings. The highest BCUT2D eigenvalue weighted by Gasteiger charge is 2.29. The Kier molecular flexibility index (Phi) is 3.39. The van der Waals surface area contributed by atoms with Gasteiger partial charge in [-0.2, -0.15) is 5.26 Å². The number of fused-ring (bicyclic) bond motifs is 1. The summed E-state index contributed by atoms with van der Waals surface area (Å²) in [5.41, 5.74) is 2.89. The predicted octanol–water partition coefficient (Wildman–Crippen LogP) is 2.49. The average Bonchev–Trinajstić information content (AvgIpc) is 2.36. The van der Waals surface area contributed by atoms with Crippen LogP contribution in [0.25, 0.3) is 5.70 Å². The predicted molar refractivity (Wildman–Crippen MR) is 74.1 cm³/mol. The van der Waals surface area contributed by atoms with Crippen molar-refractivity contribution in [3.8, 4) is 17.6 Å². The van der Waals surface area contributed by atoms with E-state index in [-0.39, 0.29) is 5.54 Å². The van der Waals surface area contributed by atoms with Crippen molar-refractivity contribution in [2.24, 2.45) is 0 Å². The van der Waals surface area contributed by atoms with Gasteiger partial charge in [-0.05, 0) is 38.0 Å². The van der Waals surface area contributed by atoms with Crippen molar-refractivity contribution in [2.45, 2.75) is 25.8 Å². The van der Waals surface area contributed by atoms with Crippen LogP contribution >= 0.6 is 0 Å². The molecule has 0 aromatic heterocycles. The molecule has 1 aromatic carbocycles. The van der Waals surface area contributed by atoms with Crippen LogP contribution in [-0.2, 0) is 6.42 Å². The van der Waals surface area contributed by atoms with Crippen LogP contribution in [-0.4, -0.2) is 19.8 Å². The summed E-state index contributed by atoms with van der Waals surface area (Å²) in [5.74, 6) is 1.39. The van der Waals surface area contributed by atoms with E-state index in [0.717, 1.165) is 29.0 Å². The van der Waals surface area contributed by atoms with Gasteiger partial charge in [-0.1, -0.05) is 0 Å². The third kappa shape index (κ3) is 2.50. The smallest absolute Gasteiger partial charge is 0.161 e. The molecule has 2 rings (SSSR count). The monoisotopic (exact) mass is 258 g/mol. The molecule has 0 radical (unpaired) electrons. The lowest BCUT2D eigenvalue weighted by Gasteiger charge is -2.35. The van der Waals surface area contributed by atoms with Crippen LogP contribution in [0, 0.1) is 11.3 Å². The zero-order valence-corrected chi connectivity index (χ0v) is 11.7. The molecule has 0 unspecified atom stereocenters. The van der Waals surface area contributed by atoms with Crippen LogP contribution in [0.4, 0.5) is 0 Å². The van der Waals surface area contributed by atoms with Gasteiger partial charge in [0.15, 0.2) is 11.5 Å². The number of methoxy groups -OCH3 is 2. The first-order chi connectivity index (χ1) is 9.00. The van der Waals surface area contributed by atoms with E-state index in [1.54, 1.807) is 14.2 Å². The van der Waals surface area contributed by atoms with Gasteiger partial charge in [-0.3, -0.25) is 0 Å². The lowest BCUT2D eigenvalue weighted by Crippen LogP contribution is -2.43. The number of hydrogen-bond donors (Lipinski definition) is 1. The fourth-order valence-corrected chi connectivity index (χ4v) is 2.45. The standard InChI is InChI=1S/C15H18N2O2/c1-15(2)9-10-7-13(18-3)14(19-4)8-11(10)12(17-15)5-6-16/h5,7-8,17H,9H2,1-4H3/b12-5+. The third-order valence-corrected chi connectivity index (χ3v) is 3.21. The summed E-state index contributed by atoms with van der Waals surface area (Å²) in [7, 11) is 3.24. The molecule has 1 aliphatic heterocycles. The molecule has 0 fully saturated rings. The Bertz CT molecular complexity index is 568. The molecule has 1 aromatic rings. The summed E-state index contributed by atoms with van der Waals surface area (Å²) in [4.78, 5) is 0. The van der Waals surface area contributed by atoms with Crippen LogP contribution in [0.1, 0.15) is 25.0 Å². The molecule has 0 saturated carbocycles. The molecule has 100 valence electrons. The van der Waals surface area contributed by atoms with Crippen molar-refractivity contribution in [1.29, 1.82) is 5.26 Å². The quantitative estimate of drug-likeness (QED) is 0.828. The second kappa shape index (κ2) is 4.85. The van der Waals surface area contributed by atoms with Crippen LogP contribution in [0.15, 0.2) is 18.2 Å². The first-order valence-electron chi connectivity index (χ1n) is 6.14. The molecular formula is C15H18N2O2. The van der Waals surface area contributed by atoms with E-state index in [1.807, 2.05) is 12.1 Å². The molecule has 4 heteroatoms. The van der Waals surface area contributed by atoms with Gasteiger partial charge in [0.2, 0.25) is 0 Å². The molecule has 0 bridgehead atoms. The van der Waals surface area contributed by atoms with Gasteiger partial charge in [0.05, 0.1) is 26.0 Å². The molecule has 4 nitrogen and oxygen atoms in total. The molecule has 1 N–H and O–H groups in total. The van der Waals surface area contributed by atoms with Gasteiger partial charge in [-0.25, -0.2) is 0 Å². The van der Waals surface area contributed by atoms with Crippen LogP contribution < -0.4 is 14.8 Å². The summed E-state index contributed by atoms with van der Waals surface area (Å²) in [5, 5.41) is 12.3. The van der Waals surface area contributed by atoms with Crippen molar-refractivity contribution in [2.75, 3.05) is 14.2 Å². The van der Waals surface area contributed by atoms with Gasteiger partial charge >= 0.3 is 0 Å². The Balaban J connectivity index is 2.61. The molecular weight excluding hydrogens is 240 g/mol. The highest BCUT2D eigenvalue weighted by atomic mass is 16.5. The number of nitrogens with zero attached hydrogens (tertiary/aromatic N) is 1. The lowest BCUT2D eigenvalue weighted by atomic mass is 9.85. The summed E-state index contributed by atoms with van der Waals surface area (Å²) < 4.78 is 10.7. The number of hydrogen-bond acceptors (Lipinski definition) is 4. The minimum atomic E-state index is -0.0880. The Labute approximate surface area is 113 Å². The maximum atomic E-state index is 8.92. The minimum absolute atomic E-state index is 0.0880. The maximum absolute atomic E-state index is 8.92. The van der Waals surface area contributed by atoms with E-state index in [1.165, 1.54) is 6.08 Å². The SMILES string of the molecule is COc1cc2c(cc1OC)/C(=C\C#N)NC(C)(C)C2. The average molecular weight is 258 g/mol. The van der Waals surface area contributed by atoms with E-state index in [0.29, 0.717) is 5.75 Å². The number of rotatable bonds is 2. The van der Waals surface area contributed by atoms with Crippen molar-refractivity contribution in [3.63, 3.8) is 0 Å². The van der Waals surface area contributed by atoms with Crippen molar-refractivity contribution < 1.29 is 9.47 Å². The largest absolute Gasteiger partial charge is 0.493 e. The number of nitriles is 1. The van der Waals surface area contributed by atoms with E-state index < -0.39 is 0 Å². The highest BCUT2D eigenvalue weighted by Crippen LogP contribution is 2.37. The Hall–Kier alpha value is -2.15. The Morgan fingerprint density at radius 2 is 1.89 bits per heavy atom. The zero-order chi connectivity index (χ0) is 14.0. The molecule has 0 amide bonds. The first kappa shape index (κ1) is 13.3. The fourth-order valence-electron chi connectivity index (χ4n) is 2.45. The van der Waals surface area contributed by atoms with Gasteiger partial charge in [0.25, 0.3) is 0 Å². The molecule has 0 spiro atoms. The van der Waals surface area contributed by atoms with Crippen LogP contribution in [0.2, 0.25) is 0 Å². The first-order valence-corrected chi connectivity index (χ1v) is 6.14. The van der Waals surface area contributed by atoms with E-state index in [4.69, 9.17) is 14.7 Å². The van der Waals surface area contributed by atoms with E-state index >= 15 is 0 Å². The Morgan fingerprint density at radius 1 is 1.26 bits per heavy atom. The normalized spacial score (nSPS) is 18.2. The highest BCUT2D eigenvalue weighted by molar-refractivity contribution is 5.74. The number of nitrogens with one attached hydrogen (secondary N) is 1. The lowest BCUT2D eigenvalue weighted by molar-refractivity contribution is 0.352. The number of benzene rings is 1. The van der Waals surface area contributed by atoms with Gasteiger partial charge in [-0.15, -0.1) is 0 Å². The number of allylic oxidation sites excluding steroid dienone is 1. The van der Waals surface area contributed by atoms with Crippen molar-refractivity contribution in [1.82, 2.24) is 5.32 Å². The zero-order valence-electron chi connectivity index (χ0n) is 11.7. The van der Waals surface area contributed by atoms with Crippen molar-refractivity contribution in [3.05, 3.63) is 29.3 Å². The molecule has 1 heterocycles.